The number of primary amides is 1. The number of rotatable bonds is 7. The molecule has 3 N–H and O–H groups in total. The summed E-state index contributed by atoms with van der Waals surface area (Å²) in [5.74, 6) is 0.0541. The summed E-state index contributed by atoms with van der Waals surface area (Å²) < 4.78 is 6.74. The molecule has 1 heterocycles. The summed E-state index contributed by atoms with van der Waals surface area (Å²) in [5.41, 5.74) is 6.33. The first-order chi connectivity index (χ1) is 14.8. The van der Waals surface area contributed by atoms with Crippen LogP contribution in [0.2, 0.25) is 0 Å². The van der Waals surface area contributed by atoms with Crippen molar-refractivity contribution in [1.29, 1.82) is 0 Å². The minimum atomic E-state index is -0.918. The fraction of sp³-hybridized carbons (Fsp3) is 0.273. The van der Waals surface area contributed by atoms with Gasteiger partial charge in [0.25, 0.3) is 5.56 Å². The van der Waals surface area contributed by atoms with Crippen molar-refractivity contribution in [3.63, 3.8) is 0 Å². The van der Waals surface area contributed by atoms with E-state index in [4.69, 9.17) is 10.5 Å². The number of carbonyl (C=O) groups excluding carboxylic acids is 2. The molecule has 31 heavy (non-hydrogen) atoms. The van der Waals surface area contributed by atoms with Crippen LogP contribution in [-0.2, 0) is 11.3 Å². The minimum Gasteiger partial charge on any atom is -0.497 e. The lowest BCUT2D eigenvalue weighted by molar-refractivity contribution is -0.120. The largest absolute Gasteiger partial charge is 0.497 e. The summed E-state index contributed by atoms with van der Waals surface area (Å²) in [6.45, 7) is 3.97. The Morgan fingerprint density at radius 2 is 1.84 bits per heavy atom. The zero-order valence-corrected chi connectivity index (χ0v) is 18.3. The Morgan fingerprint density at radius 3 is 2.45 bits per heavy atom. The summed E-state index contributed by atoms with van der Waals surface area (Å²) in [6, 6.07) is 13.5. The smallest absolute Gasteiger partial charge is 0.318 e. The first-order valence-corrected chi connectivity index (χ1v) is 10.6. The van der Waals surface area contributed by atoms with Crippen molar-refractivity contribution >= 4 is 34.6 Å². The number of ether oxygens (including phenoxy) is 1. The SMILES string of the molecule is COc1ccc(Cn2c(SC(C(=O)NC(N)=O)C(C)C)nc3ccccc3c2=O)cc1. The highest BCUT2D eigenvalue weighted by Crippen LogP contribution is 2.28. The number of hydrogen-bond acceptors (Lipinski definition) is 6. The topological polar surface area (TPSA) is 116 Å². The van der Waals surface area contributed by atoms with Crippen LogP contribution in [0, 0.1) is 5.92 Å². The van der Waals surface area contributed by atoms with Gasteiger partial charge in [-0.3, -0.25) is 19.5 Å². The highest BCUT2D eigenvalue weighted by atomic mass is 32.2. The van der Waals surface area contributed by atoms with E-state index in [0.29, 0.717) is 21.8 Å². The van der Waals surface area contributed by atoms with E-state index in [1.807, 2.05) is 38.1 Å². The van der Waals surface area contributed by atoms with Crippen LogP contribution < -0.4 is 21.3 Å². The van der Waals surface area contributed by atoms with E-state index in [1.165, 1.54) is 0 Å². The maximum absolute atomic E-state index is 13.3. The van der Waals surface area contributed by atoms with Crippen LogP contribution in [0.15, 0.2) is 58.5 Å². The van der Waals surface area contributed by atoms with Gasteiger partial charge in [-0.05, 0) is 35.7 Å². The molecule has 0 saturated heterocycles. The number of fused-ring (bicyclic) bond motifs is 1. The Balaban J connectivity index is 2.07. The molecule has 0 saturated carbocycles. The van der Waals surface area contributed by atoms with Crippen LogP contribution in [0.4, 0.5) is 4.79 Å². The second kappa shape index (κ2) is 9.65. The van der Waals surface area contributed by atoms with Crippen molar-refractivity contribution in [2.24, 2.45) is 11.7 Å². The number of hydrogen-bond donors (Lipinski definition) is 2. The third-order valence-corrected chi connectivity index (χ3v) is 6.20. The van der Waals surface area contributed by atoms with Gasteiger partial charge in [0.2, 0.25) is 5.91 Å². The average molecular weight is 441 g/mol. The Morgan fingerprint density at radius 1 is 1.16 bits per heavy atom. The predicted octanol–water partition coefficient (Wildman–Crippen LogP) is 2.77. The quantitative estimate of drug-likeness (QED) is 0.431. The third kappa shape index (κ3) is 5.24. The summed E-state index contributed by atoms with van der Waals surface area (Å²) in [6.07, 6.45) is 0. The van der Waals surface area contributed by atoms with E-state index in [1.54, 1.807) is 35.9 Å². The lowest BCUT2D eigenvalue weighted by atomic mass is 10.1. The normalized spacial score (nSPS) is 12.0. The number of nitrogens with two attached hydrogens (primary N) is 1. The molecule has 0 fully saturated rings. The Bertz CT molecular complexity index is 1160. The molecule has 0 aliphatic carbocycles. The van der Waals surface area contributed by atoms with Crippen molar-refractivity contribution < 1.29 is 14.3 Å². The Labute approximate surface area is 183 Å². The summed E-state index contributed by atoms with van der Waals surface area (Å²) in [4.78, 5) is 41.6. The maximum Gasteiger partial charge on any atom is 0.318 e. The molecule has 1 aromatic heterocycles. The van der Waals surface area contributed by atoms with Gasteiger partial charge in [0.05, 0.1) is 29.8 Å². The maximum atomic E-state index is 13.3. The first kappa shape index (κ1) is 22.4. The second-order valence-corrected chi connectivity index (χ2v) is 8.40. The molecule has 1 unspecified atom stereocenters. The van der Waals surface area contributed by atoms with Gasteiger partial charge in [-0.1, -0.05) is 49.9 Å². The number of amides is 3. The summed E-state index contributed by atoms with van der Waals surface area (Å²) >= 11 is 1.14. The van der Waals surface area contributed by atoms with E-state index in [0.717, 1.165) is 17.3 Å². The minimum absolute atomic E-state index is 0.137. The van der Waals surface area contributed by atoms with Crippen LogP contribution in [0.3, 0.4) is 0 Å². The molecule has 2 aromatic carbocycles. The first-order valence-electron chi connectivity index (χ1n) is 9.69. The van der Waals surface area contributed by atoms with Gasteiger partial charge in [0.1, 0.15) is 5.75 Å². The molecule has 0 aliphatic heterocycles. The predicted molar refractivity (Wildman–Crippen MR) is 120 cm³/mol. The molecule has 3 rings (SSSR count). The van der Waals surface area contributed by atoms with Crippen molar-refractivity contribution in [2.45, 2.75) is 30.8 Å². The highest BCUT2D eigenvalue weighted by Gasteiger charge is 2.27. The number of imide groups is 1. The second-order valence-electron chi connectivity index (χ2n) is 7.29. The molecule has 0 bridgehead atoms. The number of thioether (sulfide) groups is 1. The fourth-order valence-corrected chi connectivity index (χ4v) is 4.18. The van der Waals surface area contributed by atoms with Crippen molar-refractivity contribution in [3.05, 3.63) is 64.4 Å². The lowest BCUT2D eigenvalue weighted by Gasteiger charge is -2.21. The Hall–Kier alpha value is -3.33. The van der Waals surface area contributed by atoms with Gasteiger partial charge < -0.3 is 10.5 Å². The number of carbonyl (C=O) groups is 2. The van der Waals surface area contributed by atoms with Crippen molar-refractivity contribution in [3.8, 4) is 5.75 Å². The van der Waals surface area contributed by atoms with Gasteiger partial charge in [0.15, 0.2) is 5.16 Å². The number of urea groups is 1. The summed E-state index contributed by atoms with van der Waals surface area (Å²) in [7, 11) is 1.59. The van der Waals surface area contributed by atoms with Gasteiger partial charge in [-0.2, -0.15) is 0 Å². The van der Waals surface area contributed by atoms with Crippen LogP contribution in [0.1, 0.15) is 19.4 Å². The van der Waals surface area contributed by atoms with E-state index in [2.05, 4.69) is 10.3 Å². The van der Waals surface area contributed by atoms with Crippen LogP contribution in [-0.4, -0.2) is 33.8 Å². The number of para-hydroxylation sites is 1. The molecular formula is C22H24N4O4S. The number of aromatic nitrogens is 2. The molecule has 9 heteroatoms. The van der Waals surface area contributed by atoms with Gasteiger partial charge in [-0.15, -0.1) is 0 Å². The lowest BCUT2D eigenvalue weighted by Crippen LogP contribution is -2.42. The Kier molecular flexibility index (Phi) is 6.96. The fourth-order valence-electron chi connectivity index (χ4n) is 3.09. The van der Waals surface area contributed by atoms with E-state index in [9.17, 15) is 14.4 Å². The molecular weight excluding hydrogens is 416 g/mol. The highest BCUT2D eigenvalue weighted by molar-refractivity contribution is 8.00. The van der Waals surface area contributed by atoms with Gasteiger partial charge >= 0.3 is 6.03 Å². The monoisotopic (exact) mass is 440 g/mol. The van der Waals surface area contributed by atoms with Crippen LogP contribution >= 0.6 is 11.8 Å². The number of nitrogens with one attached hydrogen (secondary N) is 1. The molecule has 3 amide bonds. The molecule has 0 spiro atoms. The number of nitrogens with zero attached hydrogens (tertiary/aromatic N) is 2. The van der Waals surface area contributed by atoms with Crippen molar-refractivity contribution in [1.82, 2.24) is 14.9 Å². The third-order valence-electron chi connectivity index (χ3n) is 4.67. The number of benzene rings is 2. The molecule has 1 atom stereocenters. The van der Waals surface area contributed by atoms with Crippen molar-refractivity contribution in [2.75, 3.05) is 7.11 Å². The zero-order valence-electron chi connectivity index (χ0n) is 17.5. The molecule has 162 valence electrons. The molecule has 0 aliphatic rings. The molecule has 3 aromatic rings. The average Bonchev–Trinajstić information content (AvgIpc) is 2.74. The van der Waals surface area contributed by atoms with Gasteiger partial charge in [0, 0.05) is 0 Å². The molecule has 8 nitrogen and oxygen atoms in total. The van der Waals surface area contributed by atoms with E-state index >= 15 is 0 Å². The van der Waals surface area contributed by atoms with Gasteiger partial charge in [-0.25, -0.2) is 9.78 Å². The van der Waals surface area contributed by atoms with E-state index < -0.39 is 17.2 Å². The number of methoxy groups -OCH3 is 1. The van der Waals surface area contributed by atoms with E-state index in [-0.39, 0.29) is 18.0 Å². The molecule has 0 radical (unpaired) electrons. The standard InChI is InChI=1S/C22H24N4O4S/c1-13(2)18(19(27)25-21(23)29)31-22-24-17-7-5-4-6-16(17)20(28)26(22)12-14-8-10-15(30-3)11-9-14/h4-11,13,18H,12H2,1-3H3,(H3,23,25,27,29). The van der Waals surface area contributed by atoms with Crippen LogP contribution in [0.25, 0.3) is 10.9 Å². The zero-order chi connectivity index (χ0) is 22.5. The summed E-state index contributed by atoms with van der Waals surface area (Å²) in [5, 5.41) is 2.34. The van der Waals surface area contributed by atoms with Crippen LogP contribution in [0.5, 0.6) is 5.75 Å².